The quantitative estimate of drug-likeness (QED) is 0.0148. The van der Waals surface area contributed by atoms with Crippen molar-refractivity contribution in [1.29, 1.82) is 0 Å². The van der Waals surface area contributed by atoms with Gasteiger partial charge in [-0.3, -0.25) is 18.6 Å². The number of ether oxygens (including phenoxy) is 2. The second-order valence-corrected chi connectivity index (χ2v) is 17.6. The lowest BCUT2D eigenvalue weighted by atomic mass is 9.85. The van der Waals surface area contributed by atoms with Crippen molar-refractivity contribution in [3.8, 4) is 0 Å². The standard InChI is InChI=1S/C48H83O13P/c1-3-5-7-9-11-13-15-17-19-21-23-24-26-28-30-32-34-36-41(49)58-38-40(39-59-62(56,57)61-48-46(54)44(52)43(51)45(53)47(48)55)60-42(50)37-35-33-31-29-27-25-22-20-18-16-14-12-10-8-6-4-2/h5,7,11,13,17,19,23-24,28,30,40,43-48,51-55H,3-4,6,8-10,12,14-16,18,20-22,25-27,29,31-39H2,1-2H3,(H,56,57)/b7-5-,13-11-,19-17-,24-23-,30-28-/t40-,43?,44-,45?,46?,47?,48?/m1/s1. The number of carbonyl (C=O) groups is 2. The number of aliphatic hydroxyl groups is 5. The van der Waals surface area contributed by atoms with Crippen molar-refractivity contribution in [3.05, 3.63) is 60.8 Å². The average Bonchev–Trinajstić information content (AvgIpc) is 3.25. The van der Waals surface area contributed by atoms with Gasteiger partial charge in [0.2, 0.25) is 0 Å². The van der Waals surface area contributed by atoms with Gasteiger partial charge in [0.1, 0.15) is 43.2 Å². The predicted molar refractivity (Wildman–Crippen MR) is 244 cm³/mol. The molecule has 14 heteroatoms. The molecule has 0 saturated heterocycles. The summed E-state index contributed by atoms with van der Waals surface area (Å²) in [5, 5.41) is 50.2. The molecule has 0 amide bonds. The molecule has 1 fully saturated rings. The summed E-state index contributed by atoms with van der Waals surface area (Å²) in [5.74, 6) is -1.17. The molecule has 0 bridgehead atoms. The molecule has 6 unspecified atom stereocenters. The van der Waals surface area contributed by atoms with E-state index in [1.54, 1.807) is 0 Å². The number of phosphoric ester groups is 1. The van der Waals surface area contributed by atoms with E-state index >= 15 is 0 Å². The van der Waals surface area contributed by atoms with Gasteiger partial charge >= 0.3 is 19.8 Å². The van der Waals surface area contributed by atoms with E-state index in [-0.39, 0.29) is 12.8 Å². The maximum atomic E-state index is 12.8. The number of rotatable bonds is 38. The summed E-state index contributed by atoms with van der Waals surface area (Å²) in [7, 11) is -5.13. The molecule has 0 aliphatic heterocycles. The van der Waals surface area contributed by atoms with Crippen LogP contribution in [-0.4, -0.2) is 98.3 Å². The number of esters is 2. The van der Waals surface area contributed by atoms with Crippen LogP contribution in [-0.2, 0) is 32.7 Å². The monoisotopic (exact) mass is 899 g/mol. The van der Waals surface area contributed by atoms with E-state index in [1.165, 1.54) is 70.6 Å². The highest BCUT2D eigenvalue weighted by atomic mass is 31.2. The average molecular weight is 899 g/mol. The number of hydrogen-bond donors (Lipinski definition) is 6. The van der Waals surface area contributed by atoms with E-state index in [0.717, 1.165) is 57.8 Å². The predicted octanol–water partition coefficient (Wildman–Crippen LogP) is 9.34. The number of phosphoric acid groups is 1. The SMILES string of the molecule is CC/C=C\C/C=C\C/C=C\C/C=C\C/C=C\CCCC(=O)OC[C@H](COP(=O)(O)OC1C(O)C(O)C(O)[C@@H](O)C1O)OC(=O)CCCCCCCCCCCCCCCCCC. The molecule has 358 valence electrons. The van der Waals surface area contributed by atoms with Gasteiger partial charge in [-0.15, -0.1) is 0 Å². The zero-order chi connectivity index (χ0) is 45.7. The molecule has 0 aromatic rings. The van der Waals surface area contributed by atoms with E-state index in [1.807, 2.05) is 12.2 Å². The van der Waals surface area contributed by atoms with Gasteiger partial charge in [-0.05, 0) is 51.4 Å². The molecule has 0 heterocycles. The van der Waals surface area contributed by atoms with Gasteiger partial charge in [0, 0.05) is 12.8 Å². The van der Waals surface area contributed by atoms with Crippen LogP contribution in [0, 0.1) is 0 Å². The summed E-state index contributed by atoms with van der Waals surface area (Å²) in [5.41, 5.74) is 0. The molecule has 0 spiro atoms. The van der Waals surface area contributed by atoms with Crippen LogP contribution < -0.4 is 0 Å². The van der Waals surface area contributed by atoms with Gasteiger partial charge in [-0.1, -0.05) is 171 Å². The van der Waals surface area contributed by atoms with E-state index in [0.29, 0.717) is 19.3 Å². The van der Waals surface area contributed by atoms with Crippen molar-refractivity contribution in [1.82, 2.24) is 0 Å². The van der Waals surface area contributed by atoms with Crippen LogP contribution in [0.5, 0.6) is 0 Å². The molecule has 1 rings (SSSR count). The first-order chi connectivity index (χ1) is 29.9. The van der Waals surface area contributed by atoms with Gasteiger partial charge in [-0.2, -0.15) is 0 Å². The number of aliphatic hydroxyl groups excluding tert-OH is 5. The molecule has 0 aromatic heterocycles. The Morgan fingerprint density at radius 2 is 0.919 bits per heavy atom. The first-order valence-corrected chi connectivity index (χ1v) is 25.1. The summed E-state index contributed by atoms with van der Waals surface area (Å²) in [6.45, 7) is 3.14. The highest BCUT2D eigenvalue weighted by Gasteiger charge is 2.51. The van der Waals surface area contributed by atoms with Gasteiger partial charge in [0.05, 0.1) is 6.61 Å². The fourth-order valence-corrected chi connectivity index (χ4v) is 7.82. The van der Waals surface area contributed by atoms with E-state index in [4.69, 9.17) is 18.5 Å². The third-order valence-electron chi connectivity index (χ3n) is 10.6. The highest BCUT2D eigenvalue weighted by Crippen LogP contribution is 2.47. The van der Waals surface area contributed by atoms with Crippen LogP contribution in [0.3, 0.4) is 0 Å². The zero-order valence-corrected chi connectivity index (χ0v) is 38.8. The maximum Gasteiger partial charge on any atom is 0.472 e. The van der Waals surface area contributed by atoms with Crippen LogP contribution in [0.4, 0.5) is 0 Å². The van der Waals surface area contributed by atoms with E-state index in [9.17, 15) is 44.6 Å². The van der Waals surface area contributed by atoms with Crippen molar-refractivity contribution in [2.24, 2.45) is 0 Å². The molecule has 1 aliphatic rings. The molecule has 62 heavy (non-hydrogen) atoms. The van der Waals surface area contributed by atoms with Gasteiger partial charge in [-0.25, -0.2) is 4.57 Å². The van der Waals surface area contributed by atoms with Crippen molar-refractivity contribution in [2.45, 2.75) is 217 Å². The fraction of sp³-hybridized carbons (Fsp3) is 0.750. The van der Waals surface area contributed by atoms with Crippen molar-refractivity contribution >= 4 is 19.8 Å². The molecule has 8 atom stereocenters. The van der Waals surface area contributed by atoms with Crippen molar-refractivity contribution in [3.63, 3.8) is 0 Å². The second-order valence-electron chi connectivity index (χ2n) is 16.2. The molecule has 1 saturated carbocycles. The topological polar surface area (TPSA) is 210 Å². The Balaban J connectivity index is 2.49. The summed E-state index contributed by atoms with van der Waals surface area (Å²) in [6.07, 6.45) is 32.8. The normalized spacial score (nSPS) is 22.4. The molecule has 0 aromatic carbocycles. The lowest BCUT2D eigenvalue weighted by molar-refractivity contribution is -0.220. The Hall–Kier alpha value is -2.45. The summed E-state index contributed by atoms with van der Waals surface area (Å²) < 4.78 is 33.5. The lowest BCUT2D eigenvalue weighted by Gasteiger charge is -2.41. The number of unbranched alkanes of at least 4 members (excludes halogenated alkanes) is 16. The Labute approximate surface area is 373 Å². The Kier molecular flexibility index (Phi) is 35.2. The van der Waals surface area contributed by atoms with Crippen LogP contribution >= 0.6 is 7.82 Å². The fourth-order valence-electron chi connectivity index (χ4n) is 6.85. The first kappa shape index (κ1) is 57.6. The van der Waals surface area contributed by atoms with Crippen LogP contribution in [0.15, 0.2) is 60.8 Å². The zero-order valence-electron chi connectivity index (χ0n) is 37.9. The molecule has 1 aliphatic carbocycles. The Bertz CT molecular complexity index is 1320. The summed E-state index contributed by atoms with van der Waals surface area (Å²) in [6, 6.07) is 0. The van der Waals surface area contributed by atoms with Crippen LogP contribution in [0.25, 0.3) is 0 Å². The van der Waals surface area contributed by atoms with Crippen molar-refractivity contribution in [2.75, 3.05) is 13.2 Å². The minimum atomic E-state index is -5.13. The lowest BCUT2D eigenvalue weighted by Crippen LogP contribution is -2.64. The second kappa shape index (κ2) is 37.9. The summed E-state index contributed by atoms with van der Waals surface area (Å²) in [4.78, 5) is 35.7. The molecule has 0 radical (unpaired) electrons. The largest absolute Gasteiger partial charge is 0.472 e. The van der Waals surface area contributed by atoms with E-state index < -0.39 is 75.7 Å². The number of hydrogen-bond acceptors (Lipinski definition) is 12. The van der Waals surface area contributed by atoms with Gasteiger partial charge in [0.15, 0.2) is 6.10 Å². The third kappa shape index (κ3) is 29.8. The van der Waals surface area contributed by atoms with E-state index in [2.05, 4.69) is 62.5 Å². The Morgan fingerprint density at radius 3 is 1.39 bits per heavy atom. The number of carbonyl (C=O) groups excluding carboxylic acids is 2. The molecular formula is C48H83O13P. The Morgan fingerprint density at radius 1 is 0.516 bits per heavy atom. The highest BCUT2D eigenvalue weighted by molar-refractivity contribution is 7.47. The van der Waals surface area contributed by atoms with Gasteiger partial charge < -0.3 is 39.9 Å². The van der Waals surface area contributed by atoms with Crippen LogP contribution in [0.1, 0.15) is 174 Å². The minimum absolute atomic E-state index is 0.0853. The summed E-state index contributed by atoms with van der Waals surface area (Å²) >= 11 is 0. The van der Waals surface area contributed by atoms with Gasteiger partial charge in [0.25, 0.3) is 0 Å². The van der Waals surface area contributed by atoms with Crippen LogP contribution in [0.2, 0.25) is 0 Å². The van der Waals surface area contributed by atoms with Crippen molar-refractivity contribution < 1.29 is 63.1 Å². The minimum Gasteiger partial charge on any atom is -0.462 e. The third-order valence-corrected chi connectivity index (χ3v) is 11.6. The maximum absolute atomic E-state index is 12.8. The smallest absolute Gasteiger partial charge is 0.462 e. The first-order valence-electron chi connectivity index (χ1n) is 23.6. The molecular weight excluding hydrogens is 815 g/mol. The molecule has 13 nitrogen and oxygen atoms in total. The molecule has 6 N–H and O–H groups in total. The number of allylic oxidation sites excluding steroid dienone is 10.